The molecule has 0 aliphatic carbocycles. The Morgan fingerprint density at radius 1 is 1.41 bits per heavy atom. The van der Waals surface area contributed by atoms with E-state index in [1.165, 1.54) is 6.92 Å². The lowest BCUT2D eigenvalue weighted by Crippen LogP contribution is -2.29. The first-order chi connectivity index (χ1) is 8.18. The van der Waals surface area contributed by atoms with Gasteiger partial charge in [0.2, 0.25) is 0 Å². The highest BCUT2D eigenvalue weighted by molar-refractivity contribution is 5.94. The van der Waals surface area contributed by atoms with Crippen LogP contribution in [0.1, 0.15) is 41.9 Å². The van der Waals surface area contributed by atoms with E-state index in [1.54, 1.807) is 24.3 Å². The topological polar surface area (TPSA) is 29.1 Å². The van der Waals surface area contributed by atoms with E-state index in [2.05, 4.69) is 5.32 Å². The van der Waals surface area contributed by atoms with Gasteiger partial charge in [-0.2, -0.15) is 0 Å². The Kier molecular flexibility index (Phi) is 3.89. The molecule has 1 aliphatic rings. The molecule has 2 rings (SSSR count). The summed E-state index contributed by atoms with van der Waals surface area (Å²) in [5.74, 6) is 0.0721. The molecule has 1 N–H and O–H groups in total. The molecule has 0 bridgehead atoms. The number of carbonyl (C=O) groups is 1. The molecule has 3 heteroatoms. The first-order valence-electron chi connectivity index (χ1n) is 6.14. The molecule has 1 heterocycles. The van der Waals surface area contributed by atoms with Crippen LogP contribution in [0.5, 0.6) is 0 Å². The summed E-state index contributed by atoms with van der Waals surface area (Å²) < 4.78 is 14.3. The van der Waals surface area contributed by atoms with E-state index >= 15 is 0 Å². The predicted octanol–water partition coefficient (Wildman–Crippen LogP) is 2.90. The second-order valence-electron chi connectivity index (χ2n) is 4.67. The van der Waals surface area contributed by atoms with Crippen LogP contribution in [0, 0.1) is 5.92 Å². The van der Waals surface area contributed by atoms with Crippen LogP contribution in [-0.2, 0) is 0 Å². The number of benzene rings is 1. The van der Waals surface area contributed by atoms with Gasteiger partial charge in [-0.3, -0.25) is 4.79 Å². The Bertz CT molecular complexity index is 399. The van der Waals surface area contributed by atoms with Gasteiger partial charge < -0.3 is 5.32 Å². The first kappa shape index (κ1) is 12.2. The molecule has 1 fully saturated rings. The number of ketones is 1. The fourth-order valence-electron chi connectivity index (χ4n) is 2.34. The highest BCUT2D eigenvalue weighted by Crippen LogP contribution is 2.32. The number of rotatable bonds is 3. The van der Waals surface area contributed by atoms with Crippen LogP contribution in [0.15, 0.2) is 24.3 Å². The van der Waals surface area contributed by atoms with Gasteiger partial charge in [0.05, 0.1) is 0 Å². The summed E-state index contributed by atoms with van der Waals surface area (Å²) in [6.07, 6.45) is 0.785. The molecular formula is C14H18FNO. The molecule has 1 atom stereocenters. The fraction of sp³-hybridized carbons (Fsp3) is 0.500. The average Bonchev–Trinajstić information content (AvgIpc) is 2.39. The number of alkyl halides is 1. The van der Waals surface area contributed by atoms with Gasteiger partial charge in [-0.25, -0.2) is 4.39 Å². The summed E-state index contributed by atoms with van der Waals surface area (Å²) in [6.45, 7) is 3.28. The van der Waals surface area contributed by atoms with Gasteiger partial charge in [-0.05, 0) is 50.4 Å². The van der Waals surface area contributed by atoms with Crippen molar-refractivity contribution in [2.75, 3.05) is 13.1 Å². The second kappa shape index (κ2) is 5.41. The summed E-state index contributed by atoms with van der Waals surface area (Å²) in [7, 11) is 0. The maximum absolute atomic E-state index is 14.3. The van der Waals surface area contributed by atoms with E-state index in [0.717, 1.165) is 25.9 Å². The molecule has 1 unspecified atom stereocenters. The van der Waals surface area contributed by atoms with E-state index in [9.17, 15) is 9.18 Å². The fourth-order valence-corrected chi connectivity index (χ4v) is 2.34. The Balaban J connectivity index is 2.14. The number of piperidine rings is 1. The minimum Gasteiger partial charge on any atom is -0.317 e. The molecule has 2 nitrogen and oxygen atoms in total. The quantitative estimate of drug-likeness (QED) is 0.816. The molecule has 1 aromatic rings. The zero-order valence-electron chi connectivity index (χ0n) is 10.1. The molecule has 92 valence electrons. The Morgan fingerprint density at radius 2 is 2.12 bits per heavy atom. The van der Waals surface area contributed by atoms with Crippen LogP contribution < -0.4 is 5.32 Å². The molecule has 1 aliphatic heterocycles. The summed E-state index contributed by atoms with van der Waals surface area (Å²) in [5.41, 5.74) is 1.24. The summed E-state index contributed by atoms with van der Waals surface area (Å²) in [6, 6.07) is 6.97. The van der Waals surface area contributed by atoms with Crippen LogP contribution in [-0.4, -0.2) is 18.9 Å². The summed E-state index contributed by atoms with van der Waals surface area (Å²) >= 11 is 0. The number of hydrogen-bond donors (Lipinski definition) is 1. The highest BCUT2D eigenvalue weighted by Gasteiger charge is 2.24. The molecule has 1 saturated heterocycles. The minimum absolute atomic E-state index is 0.00985. The zero-order chi connectivity index (χ0) is 12.3. The largest absolute Gasteiger partial charge is 0.317 e. The predicted molar refractivity (Wildman–Crippen MR) is 65.9 cm³/mol. The average molecular weight is 235 g/mol. The minimum atomic E-state index is -0.948. The molecule has 1 aromatic carbocycles. The molecule has 0 radical (unpaired) electrons. The molecular weight excluding hydrogens is 217 g/mol. The third kappa shape index (κ3) is 2.91. The lowest BCUT2D eigenvalue weighted by Gasteiger charge is -2.26. The first-order valence-corrected chi connectivity index (χ1v) is 6.14. The van der Waals surface area contributed by atoms with Gasteiger partial charge in [-0.15, -0.1) is 0 Å². The van der Waals surface area contributed by atoms with Crippen LogP contribution in [0.25, 0.3) is 0 Å². The highest BCUT2D eigenvalue weighted by atomic mass is 19.1. The number of Topliss-reactive ketones (excluding diaryl/α,β-unsaturated/α-hetero) is 1. The molecule has 0 spiro atoms. The Labute approximate surface area is 101 Å². The van der Waals surface area contributed by atoms with E-state index in [1.807, 2.05) is 0 Å². The SMILES string of the molecule is CC(=O)c1cccc(C(F)C2CCNCC2)c1. The lowest BCUT2D eigenvalue weighted by atomic mass is 9.88. The van der Waals surface area contributed by atoms with E-state index in [0.29, 0.717) is 11.1 Å². The van der Waals surface area contributed by atoms with Crippen molar-refractivity contribution in [3.63, 3.8) is 0 Å². The van der Waals surface area contributed by atoms with Crippen molar-refractivity contribution >= 4 is 5.78 Å². The maximum atomic E-state index is 14.3. The summed E-state index contributed by atoms with van der Waals surface area (Å²) in [5, 5.41) is 3.23. The Morgan fingerprint density at radius 3 is 2.76 bits per heavy atom. The van der Waals surface area contributed by atoms with E-state index in [4.69, 9.17) is 0 Å². The normalized spacial score (nSPS) is 18.9. The number of halogens is 1. The number of carbonyl (C=O) groups excluding carboxylic acids is 1. The third-order valence-electron chi connectivity index (χ3n) is 3.41. The van der Waals surface area contributed by atoms with Crippen LogP contribution in [0.3, 0.4) is 0 Å². The zero-order valence-corrected chi connectivity index (χ0v) is 10.1. The third-order valence-corrected chi connectivity index (χ3v) is 3.41. The van der Waals surface area contributed by atoms with Crippen molar-refractivity contribution in [1.82, 2.24) is 5.32 Å². The number of hydrogen-bond acceptors (Lipinski definition) is 2. The molecule has 0 amide bonds. The van der Waals surface area contributed by atoms with E-state index < -0.39 is 6.17 Å². The lowest BCUT2D eigenvalue weighted by molar-refractivity contribution is 0.101. The standard InChI is InChI=1S/C14H18FNO/c1-10(17)12-3-2-4-13(9-12)14(15)11-5-7-16-8-6-11/h2-4,9,11,14,16H,5-8H2,1H3. The van der Waals surface area contributed by atoms with E-state index in [-0.39, 0.29) is 11.7 Å². The van der Waals surface area contributed by atoms with Gasteiger partial charge >= 0.3 is 0 Å². The molecule has 0 saturated carbocycles. The van der Waals surface area contributed by atoms with Crippen LogP contribution >= 0.6 is 0 Å². The smallest absolute Gasteiger partial charge is 0.159 e. The molecule has 0 aromatic heterocycles. The number of nitrogens with one attached hydrogen (secondary N) is 1. The van der Waals surface area contributed by atoms with Gasteiger partial charge in [0.1, 0.15) is 6.17 Å². The maximum Gasteiger partial charge on any atom is 0.159 e. The second-order valence-corrected chi connectivity index (χ2v) is 4.67. The van der Waals surface area contributed by atoms with Crippen molar-refractivity contribution < 1.29 is 9.18 Å². The van der Waals surface area contributed by atoms with Crippen LogP contribution in [0.2, 0.25) is 0 Å². The van der Waals surface area contributed by atoms with Crippen molar-refractivity contribution in [2.45, 2.75) is 25.9 Å². The monoisotopic (exact) mass is 235 g/mol. The van der Waals surface area contributed by atoms with Crippen molar-refractivity contribution in [1.29, 1.82) is 0 Å². The van der Waals surface area contributed by atoms with Crippen molar-refractivity contribution in [2.24, 2.45) is 5.92 Å². The van der Waals surface area contributed by atoms with Gasteiger partial charge in [-0.1, -0.05) is 18.2 Å². The van der Waals surface area contributed by atoms with Gasteiger partial charge in [0.25, 0.3) is 0 Å². The van der Waals surface area contributed by atoms with Gasteiger partial charge in [0.15, 0.2) is 5.78 Å². The van der Waals surface area contributed by atoms with Crippen molar-refractivity contribution in [3.8, 4) is 0 Å². The van der Waals surface area contributed by atoms with Crippen molar-refractivity contribution in [3.05, 3.63) is 35.4 Å². The van der Waals surface area contributed by atoms with Gasteiger partial charge in [0, 0.05) is 5.56 Å². The summed E-state index contributed by atoms with van der Waals surface area (Å²) in [4.78, 5) is 11.3. The van der Waals surface area contributed by atoms with Crippen LogP contribution in [0.4, 0.5) is 4.39 Å². The Hall–Kier alpha value is -1.22. The molecule has 17 heavy (non-hydrogen) atoms.